The summed E-state index contributed by atoms with van der Waals surface area (Å²) >= 11 is 1.37. The third-order valence-corrected chi connectivity index (χ3v) is 7.47. The number of Topliss-reactive ketones (excluding diaryl/α,β-unsaturated/α-hetero) is 1. The van der Waals surface area contributed by atoms with E-state index in [2.05, 4.69) is 10.6 Å². The van der Waals surface area contributed by atoms with Gasteiger partial charge in [-0.05, 0) is 78.9 Å². The van der Waals surface area contributed by atoms with Crippen molar-refractivity contribution in [1.29, 1.82) is 0 Å². The van der Waals surface area contributed by atoms with Gasteiger partial charge in [0, 0.05) is 27.3 Å². The van der Waals surface area contributed by atoms with Crippen LogP contribution in [0.25, 0.3) is 6.08 Å². The van der Waals surface area contributed by atoms with Crippen molar-refractivity contribution in [3.8, 4) is 23.0 Å². The van der Waals surface area contributed by atoms with E-state index in [1.165, 1.54) is 46.3 Å². The third kappa shape index (κ3) is 8.20. The lowest BCUT2D eigenvalue weighted by Gasteiger charge is -2.13. The molecular weight excluding hydrogens is 580 g/mol. The highest BCUT2D eigenvalue weighted by molar-refractivity contribution is 8.00. The second kappa shape index (κ2) is 15.3. The number of rotatable bonds is 13. The van der Waals surface area contributed by atoms with Crippen LogP contribution in [-0.2, 0) is 4.79 Å². The Morgan fingerprint density at radius 3 is 2.05 bits per heavy atom. The number of hydrogen-bond donors (Lipinski definition) is 2. The molecule has 4 aromatic rings. The number of hydrogen-bond acceptors (Lipinski definition) is 8. The smallest absolute Gasteiger partial charge is 0.272 e. The van der Waals surface area contributed by atoms with E-state index in [4.69, 9.17) is 18.9 Å². The van der Waals surface area contributed by atoms with Gasteiger partial charge in [-0.2, -0.15) is 0 Å². The van der Waals surface area contributed by atoms with Crippen molar-refractivity contribution in [2.24, 2.45) is 0 Å². The number of benzene rings is 4. The van der Waals surface area contributed by atoms with E-state index in [0.29, 0.717) is 45.4 Å². The molecule has 0 aliphatic heterocycles. The monoisotopic (exact) mass is 612 g/mol. The Bertz CT molecular complexity index is 1650. The van der Waals surface area contributed by atoms with Crippen molar-refractivity contribution >= 4 is 41.1 Å². The van der Waals surface area contributed by atoms with Crippen LogP contribution in [0.1, 0.15) is 26.3 Å². The molecule has 0 aromatic heterocycles. The van der Waals surface area contributed by atoms with Crippen molar-refractivity contribution in [1.82, 2.24) is 5.32 Å². The maximum Gasteiger partial charge on any atom is 0.272 e. The summed E-state index contributed by atoms with van der Waals surface area (Å²) < 4.78 is 21.3. The number of ether oxygens (including phenoxy) is 4. The van der Waals surface area contributed by atoms with Crippen molar-refractivity contribution in [2.75, 3.05) is 39.5 Å². The molecule has 2 N–H and O–H groups in total. The van der Waals surface area contributed by atoms with Gasteiger partial charge >= 0.3 is 0 Å². The lowest BCUT2D eigenvalue weighted by Crippen LogP contribution is -2.30. The molecule has 226 valence electrons. The average Bonchev–Trinajstić information content (AvgIpc) is 3.07. The van der Waals surface area contributed by atoms with Gasteiger partial charge in [0.15, 0.2) is 17.3 Å². The predicted octanol–water partition coefficient (Wildman–Crippen LogP) is 6.11. The lowest BCUT2D eigenvalue weighted by atomic mass is 10.1. The molecule has 0 saturated carbocycles. The predicted molar refractivity (Wildman–Crippen MR) is 171 cm³/mol. The number of thioether (sulfide) groups is 1. The van der Waals surface area contributed by atoms with Gasteiger partial charge in [-0.15, -0.1) is 11.8 Å². The van der Waals surface area contributed by atoms with Crippen molar-refractivity contribution in [2.45, 2.75) is 4.90 Å². The van der Waals surface area contributed by atoms with E-state index in [1.54, 1.807) is 91.0 Å². The third-order valence-electron chi connectivity index (χ3n) is 6.45. The van der Waals surface area contributed by atoms with E-state index in [0.717, 1.165) is 4.90 Å². The Hall–Kier alpha value is -5.22. The molecule has 4 aromatic carbocycles. The highest BCUT2D eigenvalue weighted by Crippen LogP contribution is 2.29. The quantitative estimate of drug-likeness (QED) is 0.106. The maximum absolute atomic E-state index is 13.5. The number of methoxy groups -OCH3 is 4. The molecule has 0 spiro atoms. The zero-order valence-corrected chi connectivity index (χ0v) is 25.5. The number of amides is 2. The summed E-state index contributed by atoms with van der Waals surface area (Å²) in [4.78, 5) is 40.1. The molecule has 0 unspecified atom stereocenters. The van der Waals surface area contributed by atoms with Gasteiger partial charge in [-0.25, -0.2) is 0 Å². The van der Waals surface area contributed by atoms with Crippen LogP contribution < -0.4 is 29.6 Å². The molecule has 0 aliphatic carbocycles. The molecule has 0 heterocycles. The Morgan fingerprint density at radius 1 is 0.705 bits per heavy atom. The molecule has 10 heteroatoms. The minimum absolute atomic E-state index is 0.00405. The Kier molecular flexibility index (Phi) is 11.0. The van der Waals surface area contributed by atoms with Gasteiger partial charge in [0.25, 0.3) is 11.8 Å². The number of anilines is 1. The molecule has 9 nitrogen and oxygen atoms in total. The Labute approximate surface area is 260 Å². The fourth-order valence-corrected chi connectivity index (χ4v) is 4.92. The van der Waals surface area contributed by atoms with Crippen LogP contribution in [0.15, 0.2) is 102 Å². The Balaban J connectivity index is 1.49. The number of carbonyl (C=O) groups excluding carboxylic acids is 3. The SMILES string of the molecule is COc1ccc(OC)c(/C=C(\NC(=O)c2ccccc2)C(=O)Nc2ccc(SCC(=O)c3ccc(OC)c(OC)c3)cc2)c1. The van der Waals surface area contributed by atoms with Crippen molar-refractivity contribution in [3.63, 3.8) is 0 Å². The van der Waals surface area contributed by atoms with Crippen molar-refractivity contribution in [3.05, 3.63) is 113 Å². The minimum Gasteiger partial charge on any atom is -0.497 e. The van der Waals surface area contributed by atoms with E-state index in [1.807, 2.05) is 0 Å². The normalized spacial score (nSPS) is 10.9. The van der Waals surface area contributed by atoms with E-state index >= 15 is 0 Å². The first-order valence-corrected chi connectivity index (χ1v) is 14.4. The standard InChI is InChI=1S/C34H32N2O7S/c1-40-26-13-17-30(41-2)24(18-26)19-28(36-33(38)22-8-6-5-7-9-22)34(39)35-25-11-14-27(15-12-25)44-21-29(37)23-10-16-31(42-3)32(20-23)43-4/h5-20H,21H2,1-4H3,(H,35,39)(H,36,38)/b28-19-. The molecule has 0 radical (unpaired) electrons. The van der Waals surface area contributed by atoms with E-state index in [9.17, 15) is 14.4 Å². The zero-order chi connectivity index (χ0) is 31.5. The molecule has 0 fully saturated rings. The summed E-state index contributed by atoms with van der Waals surface area (Å²) in [6.07, 6.45) is 1.53. The molecule has 0 atom stereocenters. The summed E-state index contributed by atoms with van der Waals surface area (Å²) in [6.45, 7) is 0. The summed E-state index contributed by atoms with van der Waals surface area (Å²) in [5, 5.41) is 5.55. The van der Waals surface area contributed by atoms with E-state index in [-0.39, 0.29) is 17.2 Å². The number of ketones is 1. The summed E-state index contributed by atoms with van der Waals surface area (Å²) in [5.74, 6) is 1.25. The molecule has 44 heavy (non-hydrogen) atoms. The van der Waals surface area contributed by atoms with Crippen LogP contribution in [0.2, 0.25) is 0 Å². The summed E-state index contributed by atoms with van der Waals surface area (Å²) in [7, 11) is 6.11. The number of nitrogens with one attached hydrogen (secondary N) is 2. The largest absolute Gasteiger partial charge is 0.497 e. The van der Waals surface area contributed by atoms with Crippen LogP contribution in [0.4, 0.5) is 5.69 Å². The molecule has 0 aliphatic rings. The fourth-order valence-electron chi connectivity index (χ4n) is 4.12. The van der Waals surface area contributed by atoms with Crippen LogP contribution in [0, 0.1) is 0 Å². The van der Waals surface area contributed by atoms with Gasteiger partial charge in [0.2, 0.25) is 0 Å². The maximum atomic E-state index is 13.5. The van der Waals surface area contributed by atoms with Crippen LogP contribution in [0.5, 0.6) is 23.0 Å². The van der Waals surface area contributed by atoms with Crippen LogP contribution >= 0.6 is 11.8 Å². The van der Waals surface area contributed by atoms with Crippen LogP contribution in [-0.4, -0.2) is 51.8 Å². The molecule has 2 amide bonds. The molecular formula is C34H32N2O7S. The summed E-state index contributed by atoms with van der Waals surface area (Å²) in [6, 6.07) is 25.9. The second-order valence-electron chi connectivity index (χ2n) is 9.25. The second-order valence-corrected chi connectivity index (χ2v) is 10.3. The first-order chi connectivity index (χ1) is 21.3. The van der Waals surface area contributed by atoms with Gasteiger partial charge in [0.1, 0.15) is 17.2 Å². The molecule has 0 saturated heterocycles. The molecule has 0 bridgehead atoms. The van der Waals surface area contributed by atoms with Crippen molar-refractivity contribution < 1.29 is 33.3 Å². The average molecular weight is 613 g/mol. The highest BCUT2D eigenvalue weighted by atomic mass is 32.2. The first kappa shape index (κ1) is 31.7. The van der Waals surface area contributed by atoms with E-state index < -0.39 is 11.8 Å². The minimum atomic E-state index is -0.539. The fraction of sp³-hybridized carbons (Fsp3) is 0.147. The number of carbonyl (C=O) groups is 3. The lowest BCUT2D eigenvalue weighted by molar-refractivity contribution is -0.113. The Morgan fingerprint density at radius 2 is 1.39 bits per heavy atom. The topological polar surface area (TPSA) is 112 Å². The first-order valence-electron chi connectivity index (χ1n) is 13.4. The zero-order valence-electron chi connectivity index (χ0n) is 24.7. The molecule has 4 rings (SSSR count). The van der Waals surface area contributed by atoms with Gasteiger partial charge in [-0.3, -0.25) is 14.4 Å². The summed E-state index contributed by atoms with van der Waals surface area (Å²) in [5.41, 5.74) is 1.96. The highest BCUT2D eigenvalue weighted by Gasteiger charge is 2.17. The van der Waals surface area contributed by atoms with Gasteiger partial charge in [-0.1, -0.05) is 18.2 Å². The van der Waals surface area contributed by atoms with Gasteiger partial charge < -0.3 is 29.6 Å². The van der Waals surface area contributed by atoms with Crippen LogP contribution in [0.3, 0.4) is 0 Å². The van der Waals surface area contributed by atoms with Gasteiger partial charge in [0.05, 0.1) is 34.2 Å².